The van der Waals surface area contributed by atoms with Gasteiger partial charge in [0.15, 0.2) is 0 Å². The van der Waals surface area contributed by atoms with Crippen molar-refractivity contribution in [1.82, 2.24) is 0 Å². The van der Waals surface area contributed by atoms with Crippen LogP contribution in [-0.2, 0) is 0 Å². The molecular weight excluding hydrogens is 246 g/mol. The van der Waals surface area contributed by atoms with Gasteiger partial charge in [-0.3, -0.25) is 0 Å². The lowest BCUT2D eigenvalue weighted by Gasteiger charge is -2.18. The fourth-order valence-electron chi connectivity index (χ4n) is 1.51. The third-order valence-electron chi connectivity index (χ3n) is 2.70. The molecule has 5 nitrogen and oxygen atoms in total. The van der Waals surface area contributed by atoms with Crippen LogP contribution in [0.1, 0.15) is 32.8 Å². The van der Waals surface area contributed by atoms with Crippen LogP contribution >= 0.6 is 0 Å². The van der Waals surface area contributed by atoms with Gasteiger partial charge in [0.25, 0.3) is 0 Å². The van der Waals surface area contributed by atoms with Gasteiger partial charge in [0.1, 0.15) is 11.5 Å². The van der Waals surface area contributed by atoms with Gasteiger partial charge in [-0.05, 0) is 32.9 Å². The first-order chi connectivity index (χ1) is 8.87. The summed E-state index contributed by atoms with van der Waals surface area (Å²) in [6, 6.07) is 5.27. The molecule has 5 heteroatoms. The molecule has 0 saturated carbocycles. The van der Waals surface area contributed by atoms with E-state index in [-0.39, 0.29) is 0 Å². The highest BCUT2D eigenvalue weighted by Crippen LogP contribution is 2.26. The average molecular weight is 267 g/mol. The molecule has 0 aliphatic rings. The second-order valence-electron chi connectivity index (χ2n) is 4.96. The monoisotopic (exact) mass is 267 g/mol. The largest absolute Gasteiger partial charge is 0.497 e. The van der Waals surface area contributed by atoms with Crippen LogP contribution in [0.2, 0.25) is 0 Å². The van der Waals surface area contributed by atoms with Crippen LogP contribution in [0.4, 0.5) is 0 Å². The molecule has 0 heterocycles. The van der Waals surface area contributed by atoms with Crippen LogP contribution in [0.5, 0.6) is 11.5 Å². The number of hydrogen-bond acceptors (Lipinski definition) is 5. The Kier molecular flexibility index (Phi) is 5.18. The summed E-state index contributed by atoms with van der Waals surface area (Å²) in [5.74, 6) is 1.23. The van der Waals surface area contributed by atoms with Crippen molar-refractivity contribution < 1.29 is 19.8 Å². The van der Waals surface area contributed by atoms with E-state index >= 15 is 0 Å². The second kappa shape index (κ2) is 6.43. The van der Waals surface area contributed by atoms with E-state index in [1.54, 1.807) is 46.1 Å². The number of aliphatic hydroxyl groups is 1. The van der Waals surface area contributed by atoms with Gasteiger partial charge in [-0.2, -0.15) is 0 Å². The molecule has 0 aromatic heterocycles. The third kappa shape index (κ3) is 4.79. The molecule has 106 valence electrons. The van der Waals surface area contributed by atoms with Crippen LogP contribution < -0.4 is 9.47 Å². The van der Waals surface area contributed by atoms with Gasteiger partial charge < -0.3 is 19.8 Å². The van der Waals surface area contributed by atoms with Crippen LogP contribution in [0.25, 0.3) is 0 Å². The van der Waals surface area contributed by atoms with Gasteiger partial charge in [-0.25, -0.2) is 0 Å². The summed E-state index contributed by atoms with van der Waals surface area (Å²) < 4.78 is 10.8. The summed E-state index contributed by atoms with van der Waals surface area (Å²) in [7, 11) is 1.57. The minimum atomic E-state index is -0.779. The van der Waals surface area contributed by atoms with Crippen molar-refractivity contribution in [2.75, 3.05) is 13.7 Å². The molecule has 2 N–H and O–H groups in total. The van der Waals surface area contributed by atoms with Crippen molar-refractivity contribution in [2.24, 2.45) is 5.16 Å². The number of benzene rings is 1. The number of rotatable bonds is 6. The molecule has 19 heavy (non-hydrogen) atoms. The number of methoxy groups -OCH3 is 1. The number of nitrogens with zero attached hydrogens (tertiary/aromatic N) is 1. The molecule has 0 aliphatic carbocycles. The molecule has 1 rings (SSSR count). The van der Waals surface area contributed by atoms with Gasteiger partial charge in [0.2, 0.25) is 0 Å². The summed E-state index contributed by atoms with van der Waals surface area (Å²) in [5, 5.41) is 21.7. The third-order valence-corrected chi connectivity index (χ3v) is 2.70. The number of oxime groups is 1. The van der Waals surface area contributed by atoms with Gasteiger partial charge in [-0.1, -0.05) is 5.16 Å². The van der Waals surface area contributed by atoms with Gasteiger partial charge in [-0.15, -0.1) is 0 Å². The van der Waals surface area contributed by atoms with Crippen LogP contribution in [0, 0.1) is 0 Å². The lowest BCUT2D eigenvalue weighted by molar-refractivity contribution is 0.0553. The molecule has 0 atom stereocenters. The molecule has 0 saturated heterocycles. The summed E-state index contributed by atoms with van der Waals surface area (Å²) in [6.45, 7) is 5.50. The fraction of sp³-hybridized carbons (Fsp3) is 0.500. The minimum Gasteiger partial charge on any atom is -0.497 e. The van der Waals surface area contributed by atoms with Crippen molar-refractivity contribution >= 4 is 5.71 Å². The van der Waals surface area contributed by atoms with Gasteiger partial charge in [0.05, 0.1) is 25.0 Å². The number of ether oxygens (including phenoxy) is 2. The molecule has 0 radical (unpaired) electrons. The summed E-state index contributed by atoms with van der Waals surface area (Å²) in [6.07, 6.45) is 0.499. The zero-order chi connectivity index (χ0) is 14.5. The molecule has 0 spiro atoms. The van der Waals surface area contributed by atoms with E-state index in [1.807, 2.05) is 0 Å². The van der Waals surface area contributed by atoms with E-state index in [2.05, 4.69) is 5.16 Å². The molecular formula is C14H21NO4. The molecule has 0 unspecified atom stereocenters. The van der Waals surface area contributed by atoms with Crippen LogP contribution in [0.15, 0.2) is 23.4 Å². The zero-order valence-corrected chi connectivity index (χ0v) is 11.8. The van der Waals surface area contributed by atoms with Gasteiger partial charge in [0, 0.05) is 18.1 Å². The van der Waals surface area contributed by atoms with Gasteiger partial charge >= 0.3 is 0 Å². The topological polar surface area (TPSA) is 71.3 Å². The lowest BCUT2D eigenvalue weighted by atomic mass is 10.1. The van der Waals surface area contributed by atoms with Crippen molar-refractivity contribution in [1.29, 1.82) is 0 Å². The van der Waals surface area contributed by atoms with E-state index in [1.165, 1.54) is 0 Å². The quantitative estimate of drug-likeness (QED) is 0.472. The Hall–Kier alpha value is -1.75. The summed E-state index contributed by atoms with van der Waals surface area (Å²) in [4.78, 5) is 0. The SMILES string of the molecule is COc1ccc(/C(C)=N/O)c(OCCC(C)(C)O)c1. The maximum absolute atomic E-state index is 9.65. The van der Waals surface area contributed by atoms with E-state index in [0.717, 1.165) is 0 Å². The Morgan fingerprint density at radius 2 is 2.05 bits per heavy atom. The first kappa shape index (κ1) is 15.3. The van der Waals surface area contributed by atoms with Crippen molar-refractivity contribution in [3.8, 4) is 11.5 Å². The highest BCUT2D eigenvalue weighted by Gasteiger charge is 2.14. The van der Waals surface area contributed by atoms with E-state index < -0.39 is 5.60 Å². The second-order valence-corrected chi connectivity index (χ2v) is 4.96. The Morgan fingerprint density at radius 1 is 1.37 bits per heavy atom. The van der Waals surface area contributed by atoms with E-state index in [0.29, 0.717) is 35.8 Å². The Balaban J connectivity index is 2.89. The molecule has 0 aliphatic heterocycles. The summed E-state index contributed by atoms with van der Waals surface area (Å²) >= 11 is 0. The Labute approximate surface area is 113 Å². The standard InChI is InChI=1S/C14H21NO4/c1-10(15-17)12-6-5-11(18-4)9-13(12)19-8-7-14(2,3)16/h5-6,9,16-17H,7-8H2,1-4H3/b15-10+. The van der Waals surface area contributed by atoms with Crippen LogP contribution in [-0.4, -0.2) is 35.3 Å². The molecule has 0 amide bonds. The maximum Gasteiger partial charge on any atom is 0.132 e. The normalized spacial score (nSPS) is 12.4. The first-order valence-electron chi connectivity index (χ1n) is 6.09. The average Bonchev–Trinajstić information content (AvgIpc) is 2.36. The van der Waals surface area contributed by atoms with E-state index in [4.69, 9.17) is 14.7 Å². The molecule has 1 aromatic carbocycles. The Bertz CT molecular complexity index is 449. The predicted octanol–water partition coefficient (Wildman–Crippen LogP) is 2.43. The molecule has 1 aromatic rings. The fourth-order valence-corrected chi connectivity index (χ4v) is 1.51. The van der Waals surface area contributed by atoms with Crippen molar-refractivity contribution in [3.63, 3.8) is 0 Å². The molecule has 0 fully saturated rings. The zero-order valence-electron chi connectivity index (χ0n) is 11.8. The Morgan fingerprint density at radius 3 is 2.58 bits per heavy atom. The first-order valence-corrected chi connectivity index (χ1v) is 6.09. The van der Waals surface area contributed by atoms with E-state index in [9.17, 15) is 5.11 Å². The molecule has 0 bridgehead atoms. The highest BCUT2D eigenvalue weighted by atomic mass is 16.5. The smallest absolute Gasteiger partial charge is 0.132 e. The van der Waals surface area contributed by atoms with Crippen LogP contribution in [0.3, 0.4) is 0 Å². The number of hydrogen-bond donors (Lipinski definition) is 2. The summed E-state index contributed by atoms with van der Waals surface area (Å²) in [5.41, 5.74) is 0.374. The maximum atomic E-state index is 9.65. The minimum absolute atomic E-state index is 0.363. The van der Waals surface area contributed by atoms with Crippen molar-refractivity contribution in [2.45, 2.75) is 32.8 Å². The van der Waals surface area contributed by atoms with Crippen molar-refractivity contribution in [3.05, 3.63) is 23.8 Å². The predicted molar refractivity (Wildman–Crippen MR) is 73.4 cm³/mol. The highest BCUT2D eigenvalue weighted by molar-refractivity contribution is 6.00. The lowest BCUT2D eigenvalue weighted by Crippen LogP contribution is -2.22.